The average molecular weight is 791 g/mol. The lowest BCUT2D eigenvalue weighted by molar-refractivity contribution is -0.0293. The molecule has 0 saturated carbocycles. The SMILES string of the molecule is CCCCCCCCC=CCCCCCCCCOCC(COCCCCCCCCC=CCCCCCCCC)OC(=O)NCCN(CCCC)CCCC. The molecule has 0 aromatic heterocycles. The first-order valence-electron chi connectivity index (χ1n) is 24.8. The highest BCUT2D eigenvalue weighted by atomic mass is 16.6. The van der Waals surface area contributed by atoms with Crippen LogP contribution < -0.4 is 5.32 Å². The molecule has 0 rings (SSSR count). The Morgan fingerprint density at radius 2 is 0.786 bits per heavy atom. The van der Waals surface area contributed by atoms with Gasteiger partial charge in [-0.1, -0.05) is 180 Å². The first kappa shape index (κ1) is 54.6. The van der Waals surface area contributed by atoms with Crippen molar-refractivity contribution in [2.24, 2.45) is 0 Å². The van der Waals surface area contributed by atoms with E-state index in [1.807, 2.05) is 0 Å². The van der Waals surface area contributed by atoms with E-state index < -0.39 is 0 Å². The zero-order valence-corrected chi connectivity index (χ0v) is 38.3. The molecular weight excluding hydrogens is 693 g/mol. The second-order valence-corrected chi connectivity index (χ2v) is 16.5. The Balaban J connectivity index is 4.23. The predicted molar refractivity (Wildman–Crippen MR) is 245 cm³/mol. The van der Waals surface area contributed by atoms with Crippen molar-refractivity contribution >= 4 is 6.09 Å². The van der Waals surface area contributed by atoms with Crippen LogP contribution >= 0.6 is 0 Å². The van der Waals surface area contributed by atoms with Gasteiger partial charge in [0.1, 0.15) is 0 Å². The van der Waals surface area contributed by atoms with Gasteiger partial charge in [0.25, 0.3) is 0 Å². The first-order chi connectivity index (χ1) is 27.7. The molecule has 0 atom stereocenters. The molecule has 0 saturated heterocycles. The van der Waals surface area contributed by atoms with Crippen LogP contribution in [0.3, 0.4) is 0 Å². The number of ether oxygens (including phenoxy) is 3. The van der Waals surface area contributed by atoms with Gasteiger partial charge < -0.3 is 24.4 Å². The van der Waals surface area contributed by atoms with Crippen molar-refractivity contribution in [3.8, 4) is 0 Å². The number of rotatable bonds is 46. The molecule has 6 heteroatoms. The van der Waals surface area contributed by atoms with Crippen molar-refractivity contribution in [3.05, 3.63) is 24.3 Å². The molecule has 56 heavy (non-hydrogen) atoms. The van der Waals surface area contributed by atoms with Crippen molar-refractivity contribution in [1.29, 1.82) is 0 Å². The molecule has 6 nitrogen and oxygen atoms in total. The minimum Gasteiger partial charge on any atom is -0.441 e. The van der Waals surface area contributed by atoms with Crippen LogP contribution in [0.5, 0.6) is 0 Å². The molecule has 0 aromatic rings. The number of nitrogens with zero attached hydrogens (tertiary/aromatic N) is 1. The van der Waals surface area contributed by atoms with Gasteiger partial charge in [0.15, 0.2) is 6.10 Å². The molecule has 0 aliphatic heterocycles. The van der Waals surface area contributed by atoms with Crippen molar-refractivity contribution in [1.82, 2.24) is 10.2 Å². The fraction of sp³-hybridized carbons (Fsp3) is 0.900. The fourth-order valence-corrected chi connectivity index (χ4v) is 7.06. The largest absolute Gasteiger partial charge is 0.441 e. The predicted octanol–water partition coefficient (Wildman–Crippen LogP) is 15.1. The van der Waals surface area contributed by atoms with Gasteiger partial charge in [-0.25, -0.2) is 4.79 Å². The average Bonchev–Trinajstić information content (AvgIpc) is 3.20. The minimum absolute atomic E-state index is 0.359. The maximum atomic E-state index is 12.8. The Morgan fingerprint density at radius 3 is 1.16 bits per heavy atom. The topological polar surface area (TPSA) is 60.0 Å². The number of hydrogen-bond donors (Lipinski definition) is 1. The van der Waals surface area contributed by atoms with E-state index in [1.54, 1.807) is 0 Å². The summed E-state index contributed by atoms with van der Waals surface area (Å²) < 4.78 is 17.9. The van der Waals surface area contributed by atoms with Gasteiger partial charge in [0.05, 0.1) is 13.2 Å². The Labute approximate surface area is 350 Å². The summed E-state index contributed by atoms with van der Waals surface area (Å²) in [6, 6.07) is 0. The van der Waals surface area contributed by atoms with E-state index in [9.17, 15) is 4.79 Å². The van der Waals surface area contributed by atoms with Gasteiger partial charge in [0, 0.05) is 26.3 Å². The van der Waals surface area contributed by atoms with Crippen LogP contribution in [0.15, 0.2) is 24.3 Å². The number of alkyl carbamates (subject to hydrolysis) is 1. The number of hydrogen-bond acceptors (Lipinski definition) is 5. The Kier molecular flexibility index (Phi) is 46.8. The smallest absolute Gasteiger partial charge is 0.407 e. The lowest BCUT2D eigenvalue weighted by atomic mass is 10.1. The molecule has 0 spiro atoms. The maximum Gasteiger partial charge on any atom is 0.407 e. The van der Waals surface area contributed by atoms with E-state index in [-0.39, 0.29) is 12.2 Å². The summed E-state index contributed by atoms with van der Waals surface area (Å²) in [7, 11) is 0. The first-order valence-corrected chi connectivity index (χ1v) is 24.8. The molecule has 0 aliphatic carbocycles. The highest BCUT2D eigenvalue weighted by molar-refractivity contribution is 5.67. The Bertz CT molecular complexity index is 765. The molecule has 332 valence electrons. The van der Waals surface area contributed by atoms with Crippen LogP contribution in [-0.4, -0.2) is 69.7 Å². The van der Waals surface area contributed by atoms with Gasteiger partial charge in [-0.3, -0.25) is 0 Å². The highest BCUT2D eigenvalue weighted by Gasteiger charge is 2.16. The van der Waals surface area contributed by atoms with Crippen molar-refractivity contribution in [2.75, 3.05) is 52.6 Å². The lowest BCUT2D eigenvalue weighted by Gasteiger charge is -2.23. The Hall–Kier alpha value is -1.37. The van der Waals surface area contributed by atoms with E-state index in [0.29, 0.717) is 33.0 Å². The molecule has 0 bridgehead atoms. The van der Waals surface area contributed by atoms with Crippen LogP contribution in [0.1, 0.15) is 233 Å². The molecule has 1 N–H and O–H groups in total. The van der Waals surface area contributed by atoms with Gasteiger partial charge in [-0.15, -0.1) is 0 Å². The second-order valence-electron chi connectivity index (χ2n) is 16.5. The number of unbranched alkanes of at least 4 members (excludes halogenated alkanes) is 26. The summed E-state index contributed by atoms with van der Waals surface area (Å²) in [6.45, 7) is 14.9. The van der Waals surface area contributed by atoms with E-state index in [0.717, 1.165) is 32.5 Å². The number of amides is 1. The summed E-state index contributed by atoms with van der Waals surface area (Å²) in [5.41, 5.74) is 0. The van der Waals surface area contributed by atoms with Gasteiger partial charge in [-0.2, -0.15) is 0 Å². The number of allylic oxidation sites excluding steroid dienone is 4. The van der Waals surface area contributed by atoms with E-state index in [4.69, 9.17) is 14.2 Å². The standard InChI is InChI=1S/C50H98N2O4/c1-5-9-13-15-17-19-21-23-25-27-29-31-33-35-37-39-45-54-47-49(56-50(53)51-41-44-52(42-11-7-3)43-12-8-4)48-55-46-40-38-36-34-32-30-28-26-24-22-20-18-16-14-10-6-2/h23-26,49H,5-22,27-48H2,1-4H3,(H,51,53). The van der Waals surface area contributed by atoms with Gasteiger partial charge in [-0.05, 0) is 90.1 Å². The molecule has 0 aliphatic rings. The fourth-order valence-electron chi connectivity index (χ4n) is 7.06. The number of carbonyl (C=O) groups is 1. The third-order valence-electron chi connectivity index (χ3n) is 10.8. The summed E-state index contributed by atoms with van der Waals surface area (Å²) in [5, 5.41) is 2.99. The molecule has 0 aromatic carbocycles. The van der Waals surface area contributed by atoms with Gasteiger partial charge in [0.2, 0.25) is 0 Å². The monoisotopic (exact) mass is 791 g/mol. The third kappa shape index (κ3) is 43.7. The normalized spacial score (nSPS) is 12.4. The van der Waals surface area contributed by atoms with E-state index in [1.165, 1.54) is 193 Å². The van der Waals surface area contributed by atoms with Crippen LogP contribution in [0.25, 0.3) is 0 Å². The zero-order chi connectivity index (χ0) is 40.7. The quantitative estimate of drug-likeness (QED) is 0.0491. The molecule has 0 fully saturated rings. The van der Waals surface area contributed by atoms with Crippen LogP contribution in [0.2, 0.25) is 0 Å². The molecular formula is C50H98N2O4. The van der Waals surface area contributed by atoms with Crippen LogP contribution in [0, 0.1) is 0 Å². The van der Waals surface area contributed by atoms with Crippen LogP contribution in [0.4, 0.5) is 4.79 Å². The van der Waals surface area contributed by atoms with Gasteiger partial charge >= 0.3 is 6.09 Å². The van der Waals surface area contributed by atoms with E-state index in [2.05, 4.69) is 62.2 Å². The number of carbonyl (C=O) groups excluding carboxylic acids is 1. The molecule has 0 radical (unpaired) electrons. The summed E-state index contributed by atoms with van der Waals surface area (Å²) in [6.07, 6.45) is 50.0. The molecule has 1 amide bonds. The van der Waals surface area contributed by atoms with E-state index >= 15 is 0 Å². The van der Waals surface area contributed by atoms with Crippen molar-refractivity contribution in [3.63, 3.8) is 0 Å². The van der Waals surface area contributed by atoms with Crippen molar-refractivity contribution in [2.45, 2.75) is 239 Å². The molecule has 0 unspecified atom stereocenters. The maximum absolute atomic E-state index is 12.8. The summed E-state index contributed by atoms with van der Waals surface area (Å²) >= 11 is 0. The highest BCUT2D eigenvalue weighted by Crippen LogP contribution is 2.12. The zero-order valence-electron chi connectivity index (χ0n) is 38.3. The second kappa shape index (κ2) is 48.0. The Morgan fingerprint density at radius 1 is 0.446 bits per heavy atom. The van der Waals surface area contributed by atoms with Crippen LogP contribution in [-0.2, 0) is 14.2 Å². The minimum atomic E-state index is -0.380. The molecule has 0 heterocycles. The summed E-state index contributed by atoms with van der Waals surface area (Å²) in [4.78, 5) is 15.2. The summed E-state index contributed by atoms with van der Waals surface area (Å²) in [5.74, 6) is 0. The lowest BCUT2D eigenvalue weighted by Crippen LogP contribution is -2.39. The number of nitrogens with one attached hydrogen (secondary N) is 1. The van der Waals surface area contributed by atoms with Crippen molar-refractivity contribution < 1.29 is 19.0 Å². The third-order valence-corrected chi connectivity index (χ3v) is 10.8.